The van der Waals surface area contributed by atoms with Crippen LogP contribution in [0.5, 0.6) is 5.75 Å². The number of aromatic nitrogens is 3. The van der Waals surface area contributed by atoms with E-state index in [2.05, 4.69) is 20.2 Å². The van der Waals surface area contributed by atoms with Gasteiger partial charge in [0.05, 0.1) is 11.5 Å². The summed E-state index contributed by atoms with van der Waals surface area (Å²) in [4.78, 5) is 18.1. The third-order valence-electron chi connectivity index (χ3n) is 7.42. The number of rotatable bonds is 3. The lowest BCUT2D eigenvalue weighted by molar-refractivity contribution is 0.140. The number of β-amino-alcohol motifs (C(OH)–C–C–N with tert-alkyl or cyclic N) is 1. The van der Waals surface area contributed by atoms with Crippen molar-refractivity contribution in [3.05, 3.63) is 48.4 Å². The minimum Gasteiger partial charge on any atom is -0.508 e. The smallest absolute Gasteiger partial charge is 0.228 e. The Bertz CT molecular complexity index is 1460. The van der Waals surface area contributed by atoms with E-state index in [1.165, 1.54) is 0 Å². The average molecular weight is 473 g/mol. The maximum Gasteiger partial charge on any atom is 0.228 e. The first kappa shape index (κ1) is 20.8. The molecule has 5 heterocycles. The van der Waals surface area contributed by atoms with Crippen LogP contribution in [-0.4, -0.2) is 69.5 Å². The van der Waals surface area contributed by atoms with Crippen molar-refractivity contribution in [2.24, 2.45) is 0 Å². The van der Waals surface area contributed by atoms with E-state index < -0.39 is 11.9 Å². The molecule has 35 heavy (non-hydrogen) atoms. The summed E-state index contributed by atoms with van der Waals surface area (Å²) in [5.41, 5.74) is 0.861. The molecule has 2 bridgehead atoms. The zero-order chi connectivity index (χ0) is 23.7. The number of halogens is 1. The number of hydrogen-bond acceptors (Lipinski definition) is 8. The second-order valence-corrected chi connectivity index (χ2v) is 9.85. The molecular formula is C26H25FN6O2. The monoisotopic (exact) mass is 472 g/mol. The minimum atomic E-state index is -0.540. The number of nitrogens with one attached hydrogen (secondary N) is 1. The molecule has 3 N–H and O–H groups in total. The van der Waals surface area contributed by atoms with Gasteiger partial charge < -0.3 is 25.3 Å². The summed E-state index contributed by atoms with van der Waals surface area (Å²) in [6, 6.07) is 11.5. The number of anilines is 2. The molecule has 0 aliphatic carbocycles. The third-order valence-corrected chi connectivity index (χ3v) is 7.42. The molecule has 3 saturated heterocycles. The lowest BCUT2D eigenvalue weighted by Crippen LogP contribution is -2.53. The van der Waals surface area contributed by atoms with Gasteiger partial charge in [-0.15, -0.1) is 0 Å². The highest BCUT2D eigenvalue weighted by Gasteiger charge is 2.35. The number of benzene rings is 2. The first-order chi connectivity index (χ1) is 17.0. The summed E-state index contributed by atoms with van der Waals surface area (Å²) in [6.07, 6.45) is 3.47. The molecule has 4 aromatic rings. The normalized spacial score (nSPS) is 22.2. The van der Waals surface area contributed by atoms with Crippen LogP contribution in [0, 0.1) is 5.82 Å². The number of aromatic hydroxyl groups is 1. The van der Waals surface area contributed by atoms with Crippen molar-refractivity contribution in [1.29, 1.82) is 0 Å². The van der Waals surface area contributed by atoms with E-state index in [4.69, 9.17) is 4.98 Å². The van der Waals surface area contributed by atoms with Gasteiger partial charge in [-0.05, 0) is 35.7 Å². The Morgan fingerprint density at radius 2 is 1.71 bits per heavy atom. The van der Waals surface area contributed by atoms with Crippen molar-refractivity contribution >= 4 is 33.4 Å². The predicted octanol–water partition coefficient (Wildman–Crippen LogP) is 2.81. The summed E-state index contributed by atoms with van der Waals surface area (Å²) in [7, 11) is 0. The van der Waals surface area contributed by atoms with Crippen LogP contribution in [-0.2, 0) is 0 Å². The van der Waals surface area contributed by atoms with E-state index in [1.54, 1.807) is 18.3 Å². The van der Waals surface area contributed by atoms with E-state index in [0.29, 0.717) is 47.9 Å². The van der Waals surface area contributed by atoms with Gasteiger partial charge in [-0.3, -0.25) is 4.98 Å². The molecule has 9 heteroatoms. The number of phenolic OH excluding ortho intramolecular Hbond substituents is 1. The van der Waals surface area contributed by atoms with Gasteiger partial charge in [-0.2, -0.15) is 4.98 Å². The summed E-state index contributed by atoms with van der Waals surface area (Å²) in [6.45, 7) is 2.44. The van der Waals surface area contributed by atoms with E-state index in [1.807, 2.05) is 29.2 Å². The van der Waals surface area contributed by atoms with Gasteiger partial charge >= 0.3 is 0 Å². The first-order valence-corrected chi connectivity index (χ1v) is 12.1. The van der Waals surface area contributed by atoms with Crippen molar-refractivity contribution in [3.8, 4) is 17.0 Å². The topological polar surface area (TPSA) is 97.6 Å². The number of aliphatic hydroxyl groups is 1. The number of pyridine rings is 1. The maximum absolute atomic E-state index is 16.2. The standard InChI is InChI=1S/C26H25FN6O2/c27-22-23(20-8-17(34)7-14-3-1-2-4-19(14)20)28-9-21-24(22)30-26(33-12-18(35)13-33)31-25(21)32-10-15-5-6-16(11-32)29-15/h1-4,7-9,15-16,18,29,34-35H,5-6,10-13H2/t15-,16+. The zero-order valence-corrected chi connectivity index (χ0v) is 19.0. The fraction of sp³-hybridized carbons (Fsp3) is 0.346. The zero-order valence-electron chi connectivity index (χ0n) is 19.0. The van der Waals surface area contributed by atoms with Gasteiger partial charge in [0.25, 0.3) is 0 Å². The van der Waals surface area contributed by atoms with Gasteiger partial charge in [-0.25, -0.2) is 9.37 Å². The summed E-state index contributed by atoms with van der Waals surface area (Å²) >= 11 is 0. The van der Waals surface area contributed by atoms with Crippen molar-refractivity contribution in [2.45, 2.75) is 31.0 Å². The van der Waals surface area contributed by atoms with E-state index in [9.17, 15) is 10.2 Å². The molecule has 0 saturated carbocycles. The number of aliphatic hydroxyl groups excluding tert-OH is 1. The lowest BCUT2D eigenvalue weighted by atomic mass is 10.00. The molecule has 2 atom stereocenters. The molecule has 0 unspecified atom stereocenters. The molecule has 0 radical (unpaired) electrons. The Kier molecular flexibility index (Phi) is 4.59. The molecule has 3 aliphatic rings. The van der Waals surface area contributed by atoms with Crippen LogP contribution in [0.2, 0.25) is 0 Å². The van der Waals surface area contributed by atoms with Gasteiger partial charge in [0.1, 0.15) is 22.8 Å². The molecule has 0 spiro atoms. The summed E-state index contributed by atoms with van der Waals surface area (Å²) in [5, 5.41) is 26.0. The third kappa shape index (κ3) is 3.37. The molecule has 2 aromatic heterocycles. The van der Waals surface area contributed by atoms with Crippen molar-refractivity contribution in [3.63, 3.8) is 0 Å². The molecule has 2 aromatic carbocycles. The largest absolute Gasteiger partial charge is 0.508 e. The summed E-state index contributed by atoms with van der Waals surface area (Å²) < 4.78 is 16.2. The number of phenols is 1. The van der Waals surface area contributed by atoms with Crippen molar-refractivity contribution in [1.82, 2.24) is 20.3 Å². The quantitative estimate of drug-likeness (QED) is 0.419. The minimum absolute atomic E-state index is 0.0509. The Balaban J connectivity index is 1.43. The molecule has 0 amide bonds. The van der Waals surface area contributed by atoms with E-state index >= 15 is 4.39 Å². The number of hydrogen-bond donors (Lipinski definition) is 3. The highest BCUT2D eigenvalue weighted by Crippen LogP contribution is 2.38. The Morgan fingerprint density at radius 1 is 0.943 bits per heavy atom. The molecule has 8 nitrogen and oxygen atoms in total. The maximum atomic E-state index is 16.2. The summed E-state index contributed by atoms with van der Waals surface area (Å²) in [5.74, 6) is 0.612. The van der Waals surface area contributed by atoms with Crippen LogP contribution >= 0.6 is 0 Å². The van der Waals surface area contributed by atoms with Crippen molar-refractivity contribution < 1.29 is 14.6 Å². The van der Waals surface area contributed by atoms with Crippen LogP contribution in [0.3, 0.4) is 0 Å². The number of fused-ring (bicyclic) bond motifs is 4. The van der Waals surface area contributed by atoms with Gasteiger partial charge in [0.2, 0.25) is 5.95 Å². The molecule has 178 valence electrons. The Morgan fingerprint density at radius 3 is 2.49 bits per heavy atom. The van der Waals surface area contributed by atoms with Crippen LogP contribution in [0.15, 0.2) is 42.6 Å². The van der Waals surface area contributed by atoms with Crippen molar-refractivity contribution in [2.75, 3.05) is 36.0 Å². The Labute approximate surface area is 201 Å². The second-order valence-electron chi connectivity index (χ2n) is 9.85. The van der Waals surface area contributed by atoms with E-state index in [0.717, 1.165) is 36.7 Å². The highest BCUT2D eigenvalue weighted by molar-refractivity contribution is 6.00. The van der Waals surface area contributed by atoms with Crippen LogP contribution in [0.4, 0.5) is 16.2 Å². The highest BCUT2D eigenvalue weighted by atomic mass is 19.1. The predicted molar refractivity (Wildman–Crippen MR) is 132 cm³/mol. The second kappa shape index (κ2) is 7.73. The van der Waals surface area contributed by atoms with Gasteiger partial charge in [-0.1, -0.05) is 24.3 Å². The fourth-order valence-electron chi connectivity index (χ4n) is 5.68. The molecule has 7 rings (SSSR count). The SMILES string of the molecule is Oc1cc(-c2ncc3c(N4C[C@H]5CC[C@@H](C4)N5)nc(N4CC(O)C4)nc3c2F)c2ccccc2c1. The van der Waals surface area contributed by atoms with Gasteiger partial charge in [0, 0.05) is 50.0 Å². The van der Waals surface area contributed by atoms with E-state index in [-0.39, 0.29) is 17.0 Å². The molecule has 3 aliphatic heterocycles. The van der Waals surface area contributed by atoms with Gasteiger partial charge in [0.15, 0.2) is 5.82 Å². The number of nitrogens with zero attached hydrogens (tertiary/aromatic N) is 5. The van der Waals surface area contributed by atoms with Crippen LogP contribution in [0.25, 0.3) is 32.9 Å². The van der Waals surface area contributed by atoms with Crippen LogP contribution in [0.1, 0.15) is 12.8 Å². The Hall–Kier alpha value is -3.56. The lowest BCUT2D eigenvalue weighted by Gasteiger charge is -2.38. The number of piperazine rings is 1. The fourth-order valence-corrected chi connectivity index (χ4v) is 5.68. The first-order valence-electron chi connectivity index (χ1n) is 12.1. The average Bonchev–Trinajstić information content (AvgIpc) is 3.18. The molecular weight excluding hydrogens is 447 g/mol. The molecule has 3 fully saturated rings. The van der Waals surface area contributed by atoms with Crippen LogP contribution < -0.4 is 15.1 Å².